The molecule has 4 nitrogen and oxygen atoms in total. The number of aryl methyl sites for hydroxylation is 1. The molecule has 0 bridgehead atoms. The van der Waals surface area contributed by atoms with Gasteiger partial charge in [-0.2, -0.15) is 0 Å². The van der Waals surface area contributed by atoms with Crippen molar-refractivity contribution >= 4 is 43.2 Å². The van der Waals surface area contributed by atoms with Crippen LogP contribution in [0, 0.1) is 12.7 Å². The van der Waals surface area contributed by atoms with Crippen LogP contribution in [0.25, 0.3) is 0 Å². The topological polar surface area (TPSA) is 59.1 Å². The largest absolute Gasteiger partial charge is 0.279 e. The number of halogens is 3. The standard InChI is InChI=1S/C12H9BrClFN2O2S/c1-7-4-9(13)10(15)5-11(7)17-20(18,19)8-2-3-12(14)16-6-8/h2-6,17H,1H3. The third-order valence-corrected chi connectivity index (χ3v) is 4.70. The fourth-order valence-corrected chi connectivity index (χ4v) is 3.12. The molecule has 0 aliphatic rings. The maximum atomic E-state index is 13.5. The summed E-state index contributed by atoms with van der Waals surface area (Å²) in [4.78, 5) is 3.65. The highest BCUT2D eigenvalue weighted by Gasteiger charge is 2.17. The molecule has 0 saturated carbocycles. The van der Waals surface area contributed by atoms with Crippen LogP contribution in [-0.2, 0) is 10.0 Å². The minimum atomic E-state index is -3.84. The lowest BCUT2D eigenvalue weighted by Gasteiger charge is -2.11. The Balaban J connectivity index is 2.38. The van der Waals surface area contributed by atoms with E-state index in [9.17, 15) is 12.8 Å². The Kier molecular flexibility index (Phi) is 4.31. The van der Waals surface area contributed by atoms with Gasteiger partial charge >= 0.3 is 0 Å². The van der Waals surface area contributed by atoms with E-state index in [1.165, 1.54) is 18.2 Å². The van der Waals surface area contributed by atoms with Gasteiger partial charge in [0.2, 0.25) is 0 Å². The number of aromatic nitrogens is 1. The molecule has 0 aliphatic carbocycles. The van der Waals surface area contributed by atoms with Gasteiger partial charge in [-0.3, -0.25) is 4.72 Å². The summed E-state index contributed by atoms with van der Waals surface area (Å²) in [7, 11) is -3.84. The smallest absolute Gasteiger partial charge is 0.263 e. The van der Waals surface area contributed by atoms with Crippen LogP contribution in [0.4, 0.5) is 10.1 Å². The summed E-state index contributed by atoms with van der Waals surface area (Å²) >= 11 is 8.64. The zero-order valence-electron chi connectivity index (χ0n) is 10.2. The van der Waals surface area contributed by atoms with Crippen LogP contribution in [0.15, 0.2) is 39.8 Å². The zero-order valence-corrected chi connectivity index (χ0v) is 13.4. The molecular weight excluding hydrogens is 371 g/mol. The number of nitrogens with zero attached hydrogens (tertiary/aromatic N) is 1. The van der Waals surface area contributed by atoms with Gasteiger partial charge in [0.1, 0.15) is 15.9 Å². The van der Waals surface area contributed by atoms with Crippen molar-refractivity contribution in [2.75, 3.05) is 4.72 Å². The molecule has 1 heterocycles. The molecule has 2 aromatic rings. The maximum absolute atomic E-state index is 13.5. The molecule has 8 heteroatoms. The molecule has 0 saturated heterocycles. The lowest BCUT2D eigenvalue weighted by Crippen LogP contribution is -2.14. The quantitative estimate of drug-likeness (QED) is 0.826. The first-order chi connectivity index (χ1) is 9.29. The normalized spacial score (nSPS) is 11.4. The van der Waals surface area contributed by atoms with Crippen LogP contribution < -0.4 is 4.72 Å². The minimum absolute atomic E-state index is 0.0513. The first-order valence-electron chi connectivity index (χ1n) is 5.39. The van der Waals surface area contributed by atoms with Crippen molar-refractivity contribution < 1.29 is 12.8 Å². The molecule has 2 rings (SSSR count). The highest BCUT2D eigenvalue weighted by molar-refractivity contribution is 9.10. The fourth-order valence-electron chi connectivity index (χ4n) is 1.48. The van der Waals surface area contributed by atoms with Gasteiger partial charge in [0.25, 0.3) is 10.0 Å². The summed E-state index contributed by atoms with van der Waals surface area (Å²) in [5.41, 5.74) is 0.754. The van der Waals surface area contributed by atoms with Gasteiger partial charge in [-0.05, 0) is 52.7 Å². The summed E-state index contributed by atoms with van der Waals surface area (Å²) in [5, 5.41) is 0.190. The van der Waals surface area contributed by atoms with E-state index < -0.39 is 15.8 Å². The van der Waals surface area contributed by atoms with Crippen LogP contribution in [0.2, 0.25) is 5.15 Å². The summed E-state index contributed by atoms with van der Waals surface area (Å²) in [5.74, 6) is -0.553. The fraction of sp³-hybridized carbons (Fsp3) is 0.0833. The molecule has 0 unspecified atom stereocenters. The molecule has 0 fully saturated rings. The number of rotatable bonds is 3. The van der Waals surface area contributed by atoms with E-state index in [-0.39, 0.29) is 20.2 Å². The lowest BCUT2D eigenvalue weighted by molar-refractivity contribution is 0.600. The third-order valence-electron chi connectivity index (χ3n) is 2.52. The number of nitrogens with one attached hydrogen (secondary N) is 1. The number of pyridine rings is 1. The monoisotopic (exact) mass is 378 g/mol. The number of hydrogen-bond acceptors (Lipinski definition) is 3. The van der Waals surface area contributed by atoms with Crippen molar-refractivity contribution in [2.24, 2.45) is 0 Å². The van der Waals surface area contributed by atoms with E-state index in [4.69, 9.17) is 11.6 Å². The van der Waals surface area contributed by atoms with E-state index >= 15 is 0 Å². The first kappa shape index (κ1) is 15.2. The maximum Gasteiger partial charge on any atom is 0.263 e. The second kappa shape index (κ2) is 5.67. The van der Waals surface area contributed by atoms with Gasteiger partial charge in [-0.1, -0.05) is 11.6 Å². The Morgan fingerprint density at radius 2 is 2.05 bits per heavy atom. The predicted molar refractivity (Wildman–Crippen MR) is 78.9 cm³/mol. The van der Waals surface area contributed by atoms with Crippen molar-refractivity contribution in [3.05, 3.63) is 51.5 Å². The molecule has 1 aromatic heterocycles. The van der Waals surface area contributed by atoms with Crippen LogP contribution in [0.5, 0.6) is 0 Å². The molecule has 0 radical (unpaired) electrons. The van der Waals surface area contributed by atoms with E-state index in [2.05, 4.69) is 25.6 Å². The van der Waals surface area contributed by atoms with E-state index in [1.807, 2.05) is 0 Å². The van der Waals surface area contributed by atoms with Gasteiger partial charge in [0, 0.05) is 6.20 Å². The average molecular weight is 380 g/mol. The Bertz CT molecular complexity index is 751. The molecule has 0 spiro atoms. The minimum Gasteiger partial charge on any atom is -0.279 e. The molecule has 20 heavy (non-hydrogen) atoms. The van der Waals surface area contributed by atoms with Gasteiger partial charge < -0.3 is 0 Å². The van der Waals surface area contributed by atoms with Crippen LogP contribution in [0.1, 0.15) is 5.56 Å². The van der Waals surface area contributed by atoms with Crippen molar-refractivity contribution in [2.45, 2.75) is 11.8 Å². The van der Waals surface area contributed by atoms with E-state index in [0.29, 0.717) is 5.56 Å². The second-order valence-electron chi connectivity index (χ2n) is 4.00. The van der Waals surface area contributed by atoms with Crippen LogP contribution in [0.3, 0.4) is 0 Å². The second-order valence-corrected chi connectivity index (χ2v) is 6.93. The Labute approximate surface area is 129 Å². The Hall–Kier alpha value is -1.18. The molecule has 0 aliphatic heterocycles. The van der Waals surface area contributed by atoms with Crippen molar-refractivity contribution in [1.82, 2.24) is 4.98 Å². The zero-order chi connectivity index (χ0) is 14.9. The molecule has 106 valence electrons. The van der Waals surface area contributed by atoms with Crippen molar-refractivity contribution in [3.8, 4) is 0 Å². The summed E-state index contributed by atoms with van der Waals surface area (Å²) in [6.45, 7) is 1.67. The number of sulfonamides is 1. The molecule has 0 atom stereocenters. The Morgan fingerprint density at radius 1 is 1.35 bits per heavy atom. The van der Waals surface area contributed by atoms with Crippen LogP contribution >= 0.6 is 27.5 Å². The average Bonchev–Trinajstić information content (AvgIpc) is 2.36. The summed E-state index contributed by atoms with van der Waals surface area (Å²) in [6.07, 6.45) is 1.13. The first-order valence-corrected chi connectivity index (χ1v) is 8.05. The molecule has 1 aromatic carbocycles. The van der Waals surface area contributed by atoms with Crippen molar-refractivity contribution in [3.63, 3.8) is 0 Å². The van der Waals surface area contributed by atoms with Gasteiger partial charge in [0.05, 0.1) is 10.2 Å². The van der Waals surface area contributed by atoms with Crippen molar-refractivity contribution in [1.29, 1.82) is 0 Å². The van der Waals surface area contributed by atoms with Gasteiger partial charge in [-0.25, -0.2) is 17.8 Å². The van der Waals surface area contributed by atoms with Gasteiger partial charge in [0.15, 0.2) is 0 Å². The SMILES string of the molecule is Cc1cc(Br)c(F)cc1NS(=O)(=O)c1ccc(Cl)nc1. The molecular formula is C12H9BrClFN2O2S. The van der Waals surface area contributed by atoms with Crippen LogP contribution in [-0.4, -0.2) is 13.4 Å². The molecule has 1 N–H and O–H groups in total. The number of hydrogen-bond donors (Lipinski definition) is 1. The summed E-state index contributed by atoms with van der Waals surface area (Å²) < 4.78 is 40.3. The number of benzene rings is 1. The predicted octanol–water partition coefficient (Wildman–Crippen LogP) is 3.75. The van der Waals surface area contributed by atoms with Gasteiger partial charge in [-0.15, -0.1) is 0 Å². The third kappa shape index (κ3) is 3.28. The summed E-state index contributed by atoms with van der Waals surface area (Å²) in [6, 6.07) is 5.29. The van der Waals surface area contributed by atoms with E-state index in [1.54, 1.807) is 6.92 Å². The van der Waals surface area contributed by atoms with E-state index in [0.717, 1.165) is 12.3 Å². The molecule has 0 amide bonds. The lowest BCUT2D eigenvalue weighted by atomic mass is 10.2. The number of anilines is 1. The highest BCUT2D eigenvalue weighted by Crippen LogP contribution is 2.26. The highest BCUT2D eigenvalue weighted by atomic mass is 79.9. The Morgan fingerprint density at radius 3 is 2.65 bits per heavy atom.